The molecule has 0 radical (unpaired) electrons. The van der Waals surface area contributed by atoms with Gasteiger partial charge in [0.25, 0.3) is 5.91 Å². The molecule has 0 bridgehead atoms. The Bertz CT molecular complexity index is 506. The van der Waals surface area contributed by atoms with Gasteiger partial charge in [0, 0.05) is 17.2 Å². The third-order valence-electron chi connectivity index (χ3n) is 2.52. The van der Waals surface area contributed by atoms with Crippen LogP contribution in [0, 0.1) is 0 Å². The lowest BCUT2D eigenvalue weighted by atomic mass is 10.1. The number of aromatic nitrogens is 1. The fourth-order valence-electron chi connectivity index (χ4n) is 1.50. The van der Waals surface area contributed by atoms with Gasteiger partial charge in [-0.1, -0.05) is 12.1 Å². The molecule has 2 rings (SSSR count). The van der Waals surface area contributed by atoms with E-state index in [9.17, 15) is 4.79 Å². The number of nitrogens with zero attached hydrogens (tertiary/aromatic N) is 1. The van der Waals surface area contributed by atoms with Crippen molar-refractivity contribution in [2.75, 3.05) is 6.61 Å². The van der Waals surface area contributed by atoms with E-state index < -0.39 is 0 Å². The number of hydrogen-bond acceptors (Lipinski definition) is 4. The maximum atomic E-state index is 11.8. The summed E-state index contributed by atoms with van der Waals surface area (Å²) >= 11 is 0. The second-order valence-corrected chi connectivity index (χ2v) is 4.00. The average Bonchev–Trinajstić information content (AvgIpc) is 2.92. The highest BCUT2D eigenvalue weighted by molar-refractivity contribution is 5.94. The van der Waals surface area contributed by atoms with Crippen molar-refractivity contribution in [1.29, 1.82) is 0 Å². The van der Waals surface area contributed by atoms with E-state index in [2.05, 4.69) is 10.3 Å². The lowest BCUT2D eigenvalue weighted by Crippen LogP contribution is -2.34. The first-order valence-electron chi connectivity index (χ1n) is 5.61. The van der Waals surface area contributed by atoms with E-state index >= 15 is 0 Å². The molecule has 0 aliphatic rings. The summed E-state index contributed by atoms with van der Waals surface area (Å²) in [6.45, 7) is 1.66. The zero-order valence-corrected chi connectivity index (χ0v) is 9.96. The van der Waals surface area contributed by atoms with E-state index in [0.717, 1.165) is 5.56 Å². The molecule has 0 aliphatic heterocycles. The Hall–Kier alpha value is -2.14. The lowest BCUT2D eigenvalue weighted by Gasteiger charge is -2.10. The smallest absolute Gasteiger partial charge is 0.251 e. The van der Waals surface area contributed by atoms with Crippen molar-refractivity contribution in [3.63, 3.8) is 0 Å². The molecule has 0 saturated heterocycles. The van der Waals surface area contributed by atoms with Crippen molar-refractivity contribution < 1.29 is 14.3 Å². The second kappa shape index (κ2) is 5.46. The summed E-state index contributed by atoms with van der Waals surface area (Å²) in [7, 11) is 0. The number of aliphatic hydroxyl groups is 1. The summed E-state index contributed by atoms with van der Waals surface area (Å²) in [6.07, 6.45) is 2.97. The highest BCUT2D eigenvalue weighted by Crippen LogP contribution is 2.18. The van der Waals surface area contributed by atoms with Crippen LogP contribution < -0.4 is 5.32 Å². The minimum absolute atomic E-state index is 0.0815. The van der Waals surface area contributed by atoms with Crippen molar-refractivity contribution >= 4 is 5.91 Å². The highest BCUT2D eigenvalue weighted by atomic mass is 16.3. The molecule has 18 heavy (non-hydrogen) atoms. The van der Waals surface area contributed by atoms with E-state index in [0.29, 0.717) is 11.3 Å². The van der Waals surface area contributed by atoms with Crippen LogP contribution in [-0.2, 0) is 0 Å². The molecule has 0 aliphatic carbocycles. The molecule has 1 heterocycles. The van der Waals surface area contributed by atoms with Crippen molar-refractivity contribution in [2.45, 2.75) is 13.0 Å². The van der Waals surface area contributed by atoms with Crippen molar-refractivity contribution in [1.82, 2.24) is 10.3 Å². The number of benzene rings is 1. The number of rotatable bonds is 4. The Balaban J connectivity index is 2.10. The Morgan fingerprint density at radius 2 is 2.17 bits per heavy atom. The fraction of sp³-hybridized carbons (Fsp3) is 0.231. The van der Waals surface area contributed by atoms with Crippen LogP contribution in [0.2, 0.25) is 0 Å². The van der Waals surface area contributed by atoms with Crippen LogP contribution in [0.25, 0.3) is 11.3 Å². The normalized spacial score (nSPS) is 12.1. The van der Waals surface area contributed by atoms with Gasteiger partial charge in [-0.2, -0.15) is 0 Å². The number of oxazole rings is 1. The Morgan fingerprint density at radius 1 is 1.44 bits per heavy atom. The number of aliphatic hydroxyl groups excluding tert-OH is 1. The molecule has 1 atom stereocenters. The standard InChI is InChI=1S/C13H14N2O3/c1-9(7-16)15-13(17)11-4-2-10(3-5-11)12-6-14-8-18-12/h2-6,8-9,16H,7H2,1H3,(H,15,17)/t9-/m0/s1. The van der Waals surface area contributed by atoms with E-state index in [1.54, 1.807) is 37.4 Å². The molecule has 1 aromatic heterocycles. The fourth-order valence-corrected chi connectivity index (χ4v) is 1.50. The molecule has 1 aromatic carbocycles. The predicted molar refractivity (Wildman–Crippen MR) is 66.0 cm³/mol. The van der Waals surface area contributed by atoms with Crippen LogP contribution in [-0.4, -0.2) is 28.6 Å². The monoisotopic (exact) mass is 246 g/mol. The van der Waals surface area contributed by atoms with Gasteiger partial charge in [-0.25, -0.2) is 4.98 Å². The average molecular weight is 246 g/mol. The summed E-state index contributed by atoms with van der Waals surface area (Å²) in [6, 6.07) is 6.73. The van der Waals surface area contributed by atoms with Crippen molar-refractivity contribution in [3.8, 4) is 11.3 Å². The maximum Gasteiger partial charge on any atom is 0.251 e. The first kappa shape index (κ1) is 12.3. The topological polar surface area (TPSA) is 75.4 Å². The third kappa shape index (κ3) is 2.75. The first-order chi connectivity index (χ1) is 8.70. The van der Waals surface area contributed by atoms with Gasteiger partial charge in [0.05, 0.1) is 12.8 Å². The zero-order chi connectivity index (χ0) is 13.0. The first-order valence-corrected chi connectivity index (χ1v) is 5.61. The van der Waals surface area contributed by atoms with Gasteiger partial charge in [-0.05, 0) is 19.1 Å². The SMILES string of the molecule is C[C@@H](CO)NC(=O)c1ccc(-c2cnco2)cc1. The minimum Gasteiger partial charge on any atom is -0.444 e. The van der Waals surface area contributed by atoms with E-state index in [4.69, 9.17) is 9.52 Å². The molecular weight excluding hydrogens is 232 g/mol. The highest BCUT2D eigenvalue weighted by Gasteiger charge is 2.09. The Labute approximate surface area is 104 Å². The van der Waals surface area contributed by atoms with E-state index in [1.165, 1.54) is 6.39 Å². The quantitative estimate of drug-likeness (QED) is 0.856. The second-order valence-electron chi connectivity index (χ2n) is 4.00. The summed E-state index contributed by atoms with van der Waals surface area (Å²) in [5, 5.41) is 11.5. The molecule has 1 amide bonds. The molecule has 0 spiro atoms. The van der Waals surface area contributed by atoms with Gasteiger partial charge < -0.3 is 14.8 Å². The lowest BCUT2D eigenvalue weighted by molar-refractivity contribution is 0.0922. The third-order valence-corrected chi connectivity index (χ3v) is 2.52. The minimum atomic E-state index is -0.258. The maximum absolute atomic E-state index is 11.8. The molecule has 2 aromatic rings. The summed E-state index contributed by atoms with van der Waals surface area (Å²) in [5.41, 5.74) is 1.40. The number of hydrogen-bond donors (Lipinski definition) is 2. The van der Waals surface area contributed by atoms with Gasteiger partial charge in [0.1, 0.15) is 0 Å². The Kier molecular flexibility index (Phi) is 3.74. The molecular formula is C13H14N2O3. The van der Waals surface area contributed by atoms with Gasteiger partial charge in [0.2, 0.25) is 0 Å². The van der Waals surface area contributed by atoms with E-state index in [-0.39, 0.29) is 18.6 Å². The molecule has 94 valence electrons. The molecule has 2 N–H and O–H groups in total. The number of carbonyl (C=O) groups excluding carboxylic acids is 1. The Morgan fingerprint density at radius 3 is 2.72 bits per heavy atom. The zero-order valence-electron chi connectivity index (χ0n) is 9.96. The molecule has 0 unspecified atom stereocenters. The van der Waals surface area contributed by atoms with Gasteiger partial charge in [0.15, 0.2) is 12.2 Å². The summed E-state index contributed by atoms with van der Waals surface area (Å²) < 4.78 is 5.16. The van der Waals surface area contributed by atoms with Crippen molar-refractivity contribution in [3.05, 3.63) is 42.4 Å². The summed E-state index contributed by atoms with van der Waals surface area (Å²) in [5.74, 6) is 0.450. The van der Waals surface area contributed by atoms with Crippen LogP contribution in [0.3, 0.4) is 0 Å². The summed E-state index contributed by atoms with van der Waals surface area (Å²) in [4.78, 5) is 15.6. The van der Waals surface area contributed by atoms with E-state index in [1.807, 2.05) is 0 Å². The van der Waals surface area contributed by atoms with Crippen LogP contribution in [0.1, 0.15) is 17.3 Å². The van der Waals surface area contributed by atoms with Crippen molar-refractivity contribution in [2.24, 2.45) is 0 Å². The van der Waals surface area contributed by atoms with Crippen LogP contribution in [0.5, 0.6) is 0 Å². The molecule has 5 heteroatoms. The van der Waals surface area contributed by atoms with Gasteiger partial charge in [-0.3, -0.25) is 4.79 Å². The van der Waals surface area contributed by atoms with Crippen LogP contribution in [0.15, 0.2) is 41.3 Å². The van der Waals surface area contributed by atoms with Crippen LogP contribution >= 0.6 is 0 Å². The molecule has 0 saturated carbocycles. The van der Waals surface area contributed by atoms with Gasteiger partial charge in [-0.15, -0.1) is 0 Å². The number of nitrogens with one attached hydrogen (secondary N) is 1. The number of amides is 1. The largest absolute Gasteiger partial charge is 0.444 e. The molecule has 5 nitrogen and oxygen atoms in total. The molecule has 0 fully saturated rings. The van der Waals surface area contributed by atoms with Gasteiger partial charge >= 0.3 is 0 Å². The van der Waals surface area contributed by atoms with Crippen LogP contribution in [0.4, 0.5) is 0 Å². The predicted octanol–water partition coefficient (Wildman–Crippen LogP) is 1.45. The number of carbonyl (C=O) groups is 1.